The Morgan fingerprint density at radius 2 is 2.22 bits per heavy atom. The van der Waals surface area contributed by atoms with Crippen LogP contribution in [0.15, 0.2) is 24.3 Å². The molecule has 0 unspecified atom stereocenters. The Labute approximate surface area is 138 Å². The van der Waals surface area contributed by atoms with Gasteiger partial charge in [-0.25, -0.2) is 4.79 Å². The Balaban J connectivity index is 1.75. The summed E-state index contributed by atoms with van der Waals surface area (Å²) in [4.78, 5) is 37.6. The molecule has 2 atom stereocenters. The fourth-order valence-electron chi connectivity index (χ4n) is 3.08. The summed E-state index contributed by atoms with van der Waals surface area (Å²) in [6.45, 7) is 2.01. The first-order chi connectivity index (χ1) is 10.9. The number of nitrogens with zero attached hydrogens (tertiary/aromatic N) is 1. The van der Waals surface area contributed by atoms with Crippen LogP contribution in [0.4, 0.5) is 5.69 Å². The molecule has 0 spiro atoms. The van der Waals surface area contributed by atoms with Gasteiger partial charge >= 0.3 is 5.97 Å². The first-order valence-electron chi connectivity index (χ1n) is 7.40. The van der Waals surface area contributed by atoms with Gasteiger partial charge in [-0.3, -0.25) is 9.59 Å². The van der Waals surface area contributed by atoms with Crippen molar-refractivity contribution in [1.29, 1.82) is 0 Å². The Morgan fingerprint density at radius 1 is 1.43 bits per heavy atom. The zero-order valence-corrected chi connectivity index (χ0v) is 13.8. The molecule has 2 saturated heterocycles. The van der Waals surface area contributed by atoms with E-state index in [0.29, 0.717) is 23.4 Å². The molecule has 6 nitrogen and oxygen atoms in total. The number of ether oxygens (including phenoxy) is 1. The van der Waals surface area contributed by atoms with Gasteiger partial charge in [0.2, 0.25) is 11.8 Å². The van der Waals surface area contributed by atoms with Gasteiger partial charge in [-0.05, 0) is 31.5 Å². The lowest BCUT2D eigenvalue weighted by Crippen LogP contribution is -2.48. The summed E-state index contributed by atoms with van der Waals surface area (Å²) in [6.07, 6.45) is 1.27. The molecule has 2 fully saturated rings. The van der Waals surface area contributed by atoms with E-state index in [1.165, 1.54) is 7.11 Å². The first-order valence-corrected chi connectivity index (χ1v) is 8.38. The number of thioether (sulfide) groups is 1. The SMILES string of the molecule is COC(=O)c1cccc(NC(=O)[C@H]2CS[C@]3(C)CCC(=O)N23)c1. The zero-order chi connectivity index (χ0) is 16.6. The lowest BCUT2D eigenvalue weighted by molar-refractivity contribution is -0.135. The molecule has 0 saturated carbocycles. The summed E-state index contributed by atoms with van der Waals surface area (Å²) in [5.74, 6) is -0.0654. The number of nitrogens with one attached hydrogen (secondary N) is 1. The Hall–Kier alpha value is -2.02. The van der Waals surface area contributed by atoms with Gasteiger partial charge in [0.1, 0.15) is 6.04 Å². The predicted octanol–water partition coefficient (Wildman–Crippen LogP) is 1.87. The second-order valence-electron chi connectivity index (χ2n) is 5.83. The van der Waals surface area contributed by atoms with Crippen LogP contribution in [0.2, 0.25) is 0 Å². The number of carbonyl (C=O) groups excluding carboxylic acids is 3. The molecule has 0 bridgehead atoms. The van der Waals surface area contributed by atoms with Gasteiger partial charge < -0.3 is 15.0 Å². The first kappa shape index (κ1) is 15.9. The van der Waals surface area contributed by atoms with Crippen LogP contribution in [0.3, 0.4) is 0 Å². The molecular weight excluding hydrogens is 316 g/mol. The van der Waals surface area contributed by atoms with Crippen LogP contribution in [0.5, 0.6) is 0 Å². The molecule has 2 heterocycles. The largest absolute Gasteiger partial charge is 0.465 e. The summed E-state index contributed by atoms with van der Waals surface area (Å²) < 4.78 is 4.67. The molecule has 122 valence electrons. The van der Waals surface area contributed by atoms with Crippen LogP contribution >= 0.6 is 11.8 Å². The maximum absolute atomic E-state index is 12.6. The maximum atomic E-state index is 12.6. The number of methoxy groups -OCH3 is 1. The summed E-state index contributed by atoms with van der Waals surface area (Å²) in [5, 5.41) is 2.80. The Morgan fingerprint density at radius 3 is 2.96 bits per heavy atom. The van der Waals surface area contributed by atoms with Crippen molar-refractivity contribution in [3.05, 3.63) is 29.8 Å². The fraction of sp³-hybridized carbons (Fsp3) is 0.438. The van der Waals surface area contributed by atoms with Crippen LogP contribution in [0.1, 0.15) is 30.1 Å². The Kier molecular flexibility index (Phi) is 4.06. The summed E-state index contributed by atoms with van der Waals surface area (Å²) in [5.41, 5.74) is 0.885. The van der Waals surface area contributed by atoms with Gasteiger partial charge in [-0.15, -0.1) is 11.8 Å². The predicted molar refractivity (Wildman–Crippen MR) is 87.1 cm³/mol. The molecular formula is C16H18N2O4S. The van der Waals surface area contributed by atoms with Gasteiger partial charge in [0, 0.05) is 17.9 Å². The van der Waals surface area contributed by atoms with E-state index in [2.05, 4.69) is 10.1 Å². The van der Waals surface area contributed by atoms with Crippen molar-refractivity contribution in [1.82, 2.24) is 4.90 Å². The number of hydrogen-bond donors (Lipinski definition) is 1. The number of anilines is 1. The van der Waals surface area contributed by atoms with E-state index >= 15 is 0 Å². The molecule has 0 aromatic heterocycles. The standard InChI is InChI=1S/C16H18N2O4S/c1-16-7-6-13(19)18(16)12(9-23-16)14(20)17-11-5-3-4-10(8-11)15(21)22-2/h3-5,8,12H,6-7,9H2,1-2H3,(H,17,20)/t12-,16-/m1/s1. The number of benzene rings is 1. The average molecular weight is 334 g/mol. The number of rotatable bonds is 3. The molecule has 2 amide bonds. The number of amides is 2. The molecule has 0 aliphatic carbocycles. The van der Waals surface area contributed by atoms with E-state index in [9.17, 15) is 14.4 Å². The number of fused-ring (bicyclic) bond motifs is 1. The topological polar surface area (TPSA) is 75.7 Å². The molecule has 23 heavy (non-hydrogen) atoms. The van der Waals surface area contributed by atoms with Gasteiger partial charge in [0.25, 0.3) is 0 Å². The third kappa shape index (κ3) is 2.81. The highest BCUT2D eigenvalue weighted by Crippen LogP contribution is 2.47. The molecule has 3 rings (SSSR count). The van der Waals surface area contributed by atoms with Crippen LogP contribution < -0.4 is 5.32 Å². The fourth-order valence-corrected chi connectivity index (χ4v) is 4.51. The minimum Gasteiger partial charge on any atom is -0.465 e. The van der Waals surface area contributed by atoms with Crippen molar-refractivity contribution in [2.24, 2.45) is 0 Å². The minimum absolute atomic E-state index is 0.0287. The molecule has 1 aromatic rings. The van der Waals surface area contributed by atoms with E-state index in [1.54, 1.807) is 40.9 Å². The lowest BCUT2D eigenvalue weighted by atomic mass is 10.2. The molecule has 0 radical (unpaired) electrons. The van der Waals surface area contributed by atoms with E-state index in [-0.39, 0.29) is 16.7 Å². The molecule has 2 aliphatic heterocycles. The van der Waals surface area contributed by atoms with Crippen molar-refractivity contribution in [3.8, 4) is 0 Å². The highest BCUT2D eigenvalue weighted by Gasteiger charge is 2.52. The average Bonchev–Trinajstić information content (AvgIpc) is 3.03. The molecule has 2 aliphatic rings. The van der Waals surface area contributed by atoms with E-state index < -0.39 is 12.0 Å². The summed E-state index contributed by atoms with van der Waals surface area (Å²) >= 11 is 1.65. The van der Waals surface area contributed by atoms with E-state index in [4.69, 9.17) is 0 Å². The zero-order valence-electron chi connectivity index (χ0n) is 13.0. The number of esters is 1. The van der Waals surface area contributed by atoms with Crippen molar-refractivity contribution >= 4 is 35.2 Å². The van der Waals surface area contributed by atoms with Gasteiger partial charge in [0.05, 0.1) is 17.5 Å². The van der Waals surface area contributed by atoms with E-state index in [0.717, 1.165) is 6.42 Å². The van der Waals surface area contributed by atoms with Gasteiger partial charge in [-0.1, -0.05) is 6.07 Å². The Bertz CT molecular complexity index is 678. The normalized spacial score (nSPS) is 26.1. The van der Waals surface area contributed by atoms with Crippen LogP contribution in [-0.2, 0) is 14.3 Å². The van der Waals surface area contributed by atoms with Crippen molar-refractivity contribution in [3.63, 3.8) is 0 Å². The minimum atomic E-state index is -0.471. The van der Waals surface area contributed by atoms with E-state index in [1.807, 2.05) is 6.92 Å². The monoisotopic (exact) mass is 334 g/mol. The number of carbonyl (C=O) groups is 3. The highest BCUT2D eigenvalue weighted by molar-refractivity contribution is 8.01. The summed E-state index contributed by atoms with van der Waals surface area (Å²) in [7, 11) is 1.31. The second-order valence-corrected chi connectivity index (χ2v) is 7.33. The van der Waals surface area contributed by atoms with Crippen molar-refractivity contribution in [2.75, 3.05) is 18.2 Å². The van der Waals surface area contributed by atoms with Crippen molar-refractivity contribution < 1.29 is 19.1 Å². The second kappa shape index (κ2) is 5.88. The third-order valence-corrected chi connectivity index (χ3v) is 5.80. The summed E-state index contributed by atoms with van der Waals surface area (Å²) in [6, 6.07) is 6.10. The molecule has 1 N–H and O–H groups in total. The van der Waals surface area contributed by atoms with Crippen LogP contribution in [0, 0.1) is 0 Å². The maximum Gasteiger partial charge on any atom is 0.337 e. The third-order valence-electron chi connectivity index (χ3n) is 4.30. The highest BCUT2D eigenvalue weighted by atomic mass is 32.2. The van der Waals surface area contributed by atoms with Gasteiger partial charge in [-0.2, -0.15) is 0 Å². The van der Waals surface area contributed by atoms with Crippen molar-refractivity contribution in [2.45, 2.75) is 30.7 Å². The molecule has 7 heteroatoms. The van der Waals surface area contributed by atoms with Gasteiger partial charge in [0.15, 0.2) is 0 Å². The quantitative estimate of drug-likeness (QED) is 0.854. The smallest absolute Gasteiger partial charge is 0.337 e. The lowest BCUT2D eigenvalue weighted by Gasteiger charge is -2.29. The number of hydrogen-bond acceptors (Lipinski definition) is 5. The molecule has 1 aromatic carbocycles. The van der Waals surface area contributed by atoms with Crippen LogP contribution in [-0.4, -0.2) is 46.5 Å². The van der Waals surface area contributed by atoms with Crippen LogP contribution in [0.25, 0.3) is 0 Å².